The summed E-state index contributed by atoms with van der Waals surface area (Å²) in [6.07, 6.45) is -4.59. The van der Waals surface area contributed by atoms with E-state index in [1.165, 1.54) is 30.3 Å². The molecule has 7 nitrogen and oxygen atoms in total. The van der Waals surface area contributed by atoms with E-state index in [0.717, 1.165) is 25.2 Å². The monoisotopic (exact) mass is 457 g/mol. The van der Waals surface area contributed by atoms with Gasteiger partial charge in [-0.3, -0.25) is 14.4 Å². The molecule has 31 heavy (non-hydrogen) atoms. The van der Waals surface area contributed by atoms with Crippen molar-refractivity contribution in [3.63, 3.8) is 0 Å². The number of carbonyl (C=O) groups is 1. The molecule has 0 aromatic heterocycles. The zero-order chi connectivity index (χ0) is 22.5. The Morgan fingerprint density at radius 2 is 1.74 bits per heavy atom. The van der Waals surface area contributed by atoms with E-state index in [1.54, 1.807) is 0 Å². The summed E-state index contributed by atoms with van der Waals surface area (Å²) in [6, 6.07) is 9.07. The Morgan fingerprint density at radius 3 is 2.39 bits per heavy atom. The van der Waals surface area contributed by atoms with Crippen LogP contribution in [0.1, 0.15) is 15.9 Å². The average molecular weight is 457 g/mol. The molecule has 0 radical (unpaired) electrons. The first-order chi connectivity index (χ1) is 14.6. The van der Waals surface area contributed by atoms with Crippen LogP contribution in [0.2, 0.25) is 0 Å². The number of nitrogens with one attached hydrogen (secondary N) is 2. The van der Waals surface area contributed by atoms with Crippen LogP contribution in [-0.2, 0) is 20.9 Å². The van der Waals surface area contributed by atoms with Gasteiger partial charge in [0.1, 0.15) is 0 Å². The molecule has 0 unspecified atom stereocenters. The van der Waals surface area contributed by atoms with Crippen LogP contribution < -0.4 is 10.0 Å². The zero-order valence-electron chi connectivity index (χ0n) is 16.5. The van der Waals surface area contributed by atoms with Crippen LogP contribution in [0.3, 0.4) is 0 Å². The predicted octanol–water partition coefficient (Wildman–Crippen LogP) is 2.57. The third-order valence-corrected chi connectivity index (χ3v) is 6.08. The van der Waals surface area contributed by atoms with Crippen molar-refractivity contribution in [1.29, 1.82) is 0 Å². The van der Waals surface area contributed by atoms with Gasteiger partial charge in [0.25, 0.3) is 15.9 Å². The predicted molar refractivity (Wildman–Crippen MR) is 108 cm³/mol. The average Bonchev–Trinajstić information content (AvgIpc) is 2.74. The van der Waals surface area contributed by atoms with Gasteiger partial charge in [-0.25, -0.2) is 8.42 Å². The highest BCUT2D eigenvalue weighted by Crippen LogP contribution is 2.31. The number of benzene rings is 2. The molecular weight excluding hydrogens is 435 g/mol. The topological polar surface area (TPSA) is 87.7 Å². The van der Waals surface area contributed by atoms with Gasteiger partial charge in [-0.15, -0.1) is 0 Å². The number of alkyl halides is 3. The van der Waals surface area contributed by atoms with Gasteiger partial charge in [0, 0.05) is 37.4 Å². The van der Waals surface area contributed by atoms with E-state index in [9.17, 15) is 26.4 Å². The van der Waals surface area contributed by atoms with E-state index in [4.69, 9.17) is 4.74 Å². The Bertz CT molecular complexity index is 1010. The van der Waals surface area contributed by atoms with Gasteiger partial charge in [0.2, 0.25) is 0 Å². The zero-order valence-corrected chi connectivity index (χ0v) is 17.3. The summed E-state index contributed by atoms with van der Waals surface area (Å²) in [4.78, 5) is 14.2. The smallest absolute Gasteiger partial charge is 0.379 e. The molecule has 3 rings (SSSR count). The summed E-state index contributed by atoms with van der Waals surface area (Å²) < 4.78 is 70.8. The SMILES string of the molecule is O=C(NCCN1CCOCC1)c1ccc(S(=O)(=O)Nc2cccc(C(F)(F)F)c2)cc1. The van der Waals surface area contributed by atoms with E-state index in [1.807, 2.05) is 0 Å². The summed E-state index contributed by atoms with van der Waals surface area (Å²) in [6.45, 7) is 4.07. The summed E-state index contributed by atoms with van der Waals surface area (Å²) in [5.74, 6) is -0.344. The molecule has 168 valence electrons. The Hall–Kier alpha value is -2.63. The molecule has 1 amide bonds. The molecule has 0 bridgehead atoms. The highest BCUT2D eigenvalue weighted by Gasteiger charge is 2.30. The first-order valence-electron chi connectivity index (χ1n) is 9.53. The van der Waals surface area contributed by atoms with Gasteiger partial charge in [0.15, 0.2) is 0 Å². The summed E-state index contributed by atoms with van der Waals surface area (Å²) in [5, 5.41) is 2.77. The van der Waals surface area contributed by atoms with Crippen molar-refractivity contribution < 1.29 is 31.1 Å². The van der Waals surface area contributed by atoms with Gasteiger partial charge in [-0.2, -0.15) is 13.2 Å². The van der Waals surface area contributed by atoms with Crippen molar-refractivity contribution in [3.05, 3.63) is 59.7 Å². The van der Waals surface area contributed by atoms with Crippen LogP contribution in [0, 0.1) is 0 Å². The molecule has 11 heteroatoms. The lowest BCUT2D eigenvalue weighted by Gasteiger charge is -2.26. The maximum atomic E-state index is 12.8. The first-order valence-corrected chi connectivity index (χ1v) is 11.0. The molecule has 1 fully saturated rings. The molecule has 0 aliphatic carbocycles. The second kappa shape index (κ2) is 9.67. The highest BCUT2D eigenvalue weighted by molar-refractivity contribution is 7.92. The van der Waals surface area contributed by atoms with Crippen molar-refractivity contribution in [2.45, 2.75) is 11.1 Å². The number of halogens is 3. The molecule has 2 aromatic carbocycles. The normalized spacial score (nSPS) is 15.5. The number of carbonyl (C=O) groups excluding carboxylic acids is 1. The fourth-order valence-electron chi connectivity index (χ4n) is 3.01. The van der Waals surface area contributed by atoms with E-state index < -0.39 is 21.8 Å². The Kier molecular flexibility index (Phi) is 7.19. The van der Waals surface area contributed by atoms with E-state index >= 15 is 0 Å². The minimum atomic E-state index is -4.59. The van der Waals surface area contributed by atoms with Gasteiger partial charge in [-0.05, 0) is 42.5 Å². The summed E-state index contributed by atoms with van der Waals surface area (Å²) in [5.41, 5.74) is -0.892. The molecule has 2 aromatic rings. The number of nitrogens with zero attached hydrogens (tertiary/aromatic N) is 1. The molecule has 0 atom stereocenters. The lowest BCUT2D eigenvalue weighted by molar-refractivity contribution is -0.137. The largest absolute Gasteiger partial charge is 0.416 e. The lowest BCUT2D eigenvalue weighted by atomic mass is 10.2. The third kappa shape index (κ3) is 6.42. The first kappa shape index (κ1) is 23.0. The summed E-state index contributed by atoms with van der Waals surface area (Å²) in [7, 11) is -4.12. The minimum Gasteiger partial charge on any atom is -0.379 e. The molecular formula is C20H22F3N3O4S. The quantitative estimate of drug-likeness (QED) is 0.667. The van der Waals surface area contributed by atoms with E-state index in [2.05, 4.69) is 14.9 Å². The van der Waals surface area contributed by atoms with Crippen LogP contribution in [0.25, 0.3) is 0 Å². The lowest BCUT2D eigenvalue weighted by Crippen LogP contribution is -2.41. The molecule has 1 heterocycles. The van der Waals surface area contributed by atoms with Gasteiger partial charge < -0.3 is 10.1 Å². The highest BCUT2D eigenvalue weighted by atomic mass is 32.2. The maximum absolute atomic E-state index is 12.8. The van der Waals surface area contributed by atoms with Gasteiger partial charge in [-0.1, -0.05) is 6.07 Å². The van der Waals surface area contributed by atoms with Crippen LogP contribution in [0.15, 0.2) is 53.4 Å². The second-order valence-corrected chi connectivity index (χ2v) is 8.60. The molecule has 1 aliphatic heterocycles. The number of amides is 1. The number of sulfonamides is 1. The van der Waals surface area contributed by atoms with Crippen LogP contribution in [-0.4, -0.2) is 58.6 Å². The van der Waals surface area contributed by atoms with Crippen molar-refractivity contribution >= 4 is 21.6 Å². The standard InChI is InChI=1S/C20H22F3N3O4S/c21-20(22,23)16-2-1-3-17(14-16)25-31(28,29)18-6-4-15(5-7-18)19(27)24-8-9-26-10-12-30-13-11-26/h1-7,14,25H,8-13H2,(H,24,27). The fraction of sp³-hybridized carbons (Fsp3) is 0.350. The van der Waals surface area contributed by atoms with Gasteiger partial charge in [0.05, 0.1) is 23.7 Å². The van der Waals surface area contributed by atoms with Crippen LogP contribution in [0.5, 0.6) is 0 Å². The molecule has 2 N–H and O–H groups in total. The Labute approximate surface area is 178 Å². The minimum absolute atomic E-state index is 0.172. The van der Waals surface area contributed by atoms with Crippen LogP contribution in [0.4, 0.5) is 18.9 Å². The van der Waals surface area contributed by atoms with Crippen molar-refractivity contribution in [1.82, 2.24) is 10.2 Å². The maximum Gasteiger partial charge on any atom is 0.416 e. The number of morpholine rings is 1. The molecule has 1 saturated heterocycles. The van der Waals surface area contributed by atoms with Crippen molar-refractivity contribution in [2.75, 3.05) is 44.1 Å². The third-order valence-electron chi connectivity index (χ3n) is 4.69. The number of rotatable bonds is 7. The number of anilines is 1. The van der Waals surface area contributed by atoms with Crippen molar-refractivity contribution in [2.24, 2.45) is 0 Å². The fourth-order valence-corrected chi connectivity index (χ4v) is 4.06. The van der Waals surface area contributed by atoms with E-state index in [0.29, 0.717) is 32.4 Å². The number of ether oxygens (including phenoxy) is 1. The van der Waals surface area contributed by atoms with Crippen molar-refractivity contribution in [3.8, 4) is 0 Å². The molecule has 0 spiro atoms. The van der Waals surface area contributed by atoms with Crippen LogP contribution >= 0.6 is 0 Å². The number of hydrogen-bond acceptors (Lipinski definition) is 5. The molecule has 1 aliphatic rings. The number of hydrogen-bond donors (Lipinski definition) is 2. The van der Waals surface area contributed by atoms with Gasteiger partial charge >= 0.3 is 6.18 Å². The molecule has 0 saturated carbocycles. The Balaban J connectivity index is 1.60. The summed E-state index contributed by atoms with van der Waals surface area (Å²) >= 11 is 0. The second-order valence-electron chi connectivity index (χ2n) is 6.92. The Morgan fingerprint density at radius 1 is 1.06 bits per heavy atom. The van der Waals surface area contributed by atoms with E-state index in [-0.39, 0.29) is 22.1 Å².